The minimum atomic E-state index is -0.0929. The molecule has 1 heterocycles. The molecule has 1 rings (SSSR count). The van der Waals surface area contributed by atoms with Crippen molar-refractivity contribution in [2.24, 2.45) is 0 Å². The van der Waals surface area contributed by atoms with Gasteiger partial charge in [0.05, 0.1) is 6.10 Å². The quantitative estimate of drug-likeness (QED) is 0.632. The van der Waals surface area contributed by atoms with Crippen molar-refractivity contribution in [3.8, 4) is 0 Å². The van der Waals surface area contributed by atoms with Gasteiger partial charge in [-0.1, -0.05) is 6.42 Å². The van der Waals surface area contributed by atoms with E-state index in [1.807, 2.05) is 13.8 Å². The number of esters is 1. The Hall–Kier alpha value is -0.570. The Labute approximate surface area is 73.5 Å². The van der Waals surface area contributed by atoms with Gasteiger partial charge < -0.3 is 10.1 Å². The van der Waals surface area contributed by atoms with Crippen molar-refractivity contribution < 1.29 is 9.53 Å². The topological polar surface area (TPSA) is 38.3 Å². The van der Waals surface area contributed by atoms with Gasteiger partial charge in [0.15, 0.2) is 0 Å². The van der Waals surface area contributed by atoms with Crippen LogP contribution in [0.5, 0.6) is 0 Å². The predicted molar refractivity (Wildman–Crippen MR) is 46.9 cm³/mol. The summed E-state index contributed by atoms with van der Waals surface area (Å²) in [5.74, 6) is -0.0929. The molecule has 0 aliphatic carbocycles. The van der Waals surface area contributed by atoms with Crippen LogP contribution in [-0.4, -0.2) is 24.7 Å². The van der Waals surface area contributed by atoms with Crippen molar-refractivity contribution >= 4 is 5.97 Å². The highest BCUT2D eigenvalue weighted by Gasteiger charge is 2.22. The van der Waals surface area contributed by atoms with Crippen LogP contribution in [0.3, 0.4) is 0 Å². The molecule has 70 valence electrons. The van der Waals surface area contributed by atoms with Crippen LogP contribution in [0.1, 0.15) is 33.1 Å². The summed E-state index contributed by atoms with van der Waals surface area (Å²) in [4.78, 5) is 11.3. The Morgan fingerprint density at radius 3 is 2.75 bits per heavy atom. The molecule has 3 heteroatoms. The van der Waals surface area contributed by atoms with Gasteiger partial charge in [-0.25, -0.2) is 0 Å². The number of hydrogen-bond donors (Lipinski definition) is 1. The Morgan fingerprint density at radius 2 is 2.25 bits per heavy atom. The largest absolute Gasteiger partial charge is 0.462 e. The predicted octanol–water partition coefficient (Wildman–Crippen LogP) is 1.08. The number of ether oxygens (including phenoxy) is 1. The van der Waals surface area contributed by atoms with Crippen LogP contribution in [0.25, 0.3) is 0 Å². The summed E-state index contributed by atoms with van der Waals surface area (Å²) in [6.45, 7) is 4.69. The minimum Gasteiger partial charge on any atom is -0.462 e. The average Bonchev–Trinajstić information content (AvgIpc) is 2.05. The Kier molecular flexibility index (Phi) is 3.53. The molecule has 1 aliphatic rings. The fourth-order valence-electron chi connectivity index (χ4n) is 1.37. The molecule has 1 N–H and O–H groups in total. The van der Waals surface area contributed by atoms with Gasteiger partial charge in [0.1, 0.15) is 6.04 Å². The van der Waals surface area contributed by atoms with E-state index >= 15 is 0 Å². The highest BCUT2D eigenvalue weighted by atomic mass is 16.5. The lowest BCUT2D eigenvalue weighted by atomic mass is 10.1. The summed E-state index contributed by atoms with van der Waals surface area (Å²) < 4.78 is 5.09. The van der Waals surface area contributed by atoms with E-state index in [-0.39, 0.29) is 18.1 Å². The van der Waals surface area contributed by atoms with Crippen molar-refractivity contribution in [2.45, 2.75) is 45.3 Å². The first-order chi connectivity index (χ1) is 5.70. The van der Waals surface area contributed by atoms with Crippen LogP contribution in [0.2, 0.25) is 0 Å². The van der Waals surface area contributed by atoms with Crippen molar-refractivity contribution in [1.82, 2.24) is 5.32 Å². The summed E-state index contributed by atoms with van der Waals surface area (Å²) in [6, 6.07) is -0.0545. The molecular weight excluding hydrogens is 154 g/mol. The molecule has 0 bridgehead atoms. The molecule has 0 spiro atoms. The number of hydrogen-bond acceptors (Lipinski definition) is 3. The lowest BCUT2D eigenvalue weighted by Crippen LogP contribution is -2.42. The minimum absolute atomic E-state index is 0.00114. The second kappa shape index (κ2) is 4.45. The highest BCUT2D eigenvalue weighted by molar-refractivity contribution is 5.76. The average molecular weight is 171 g/mol. The van der Waals surface area contributed by atoms with Crippen LogP contribution in [0.4, 0.5) is 0 Å². The smallest absolute Gasteiger partial charge is 0.323 e. The molecule has 1 atom stereocenters. The number of nitrogens with one attached hydrogen (secondary N) is 1. The summed E-state index contributed by atoms with van der Waals surface area (Å²) in [6.07, 6.45) is 3.23. The van der Waals surface area contributed by atoms with Crippen molar-refractivity contribution in [3.63, 3.8) is 0 Å². The molecule has 0 unspecified atom stereocenters. The van der Waals surface area contributed by atoms with Crippen molar-refractivity contribution in [3.05, 3.63) is 0 Å². The van der Waals surface area contributed by atoms with E-state index < -0.39 is 0 Å². The zero-order valence-electron chi connectivity index (χ0n) is 7.80. The van der Waals surface area contributed by atoms with Crippen molar-refractivity contribution in [2.75, 3.05) is 6.54 Å². The van der Waals surface area contributed by atoms with Gasteiger partial charge in [0.2, 0.25) is 0 Å². The van der Waals surface area contributed by atoms with Crippen LogP contribution in [0, 0.1) is 0 Å². The number of carbonyl (C=O) groups is 1. The molecular formula is C9H17NO2. The fraction of sp³-hybridized carbons (Fsp3) is 0.889. The fourth-order valence-corrected chi connectivity index (χ4v) is 1.37. The third-order valence-corrected chi connectivity index (χ3v) is 1.95. The van der Waals surface area contributed by atoms with Crippen LogP contribution in [0.15, 0.2) is 0 Å². The van der Waals surface area contributed by atoms with E-state index in [2.05, 4.69) is 5.32 Å². The van der Waals surface area contributed by atoms with Crippen LogP contribution in [-0.2, 0) is 9.53 Å². The van der Waals surface area contributed by atoms with Crippen molar-refractivity contribution in [1.29, 1.82) is 0 Å². The third-order valence-electron chi connectivity index (χ3n) is 1.95. The van der Waals surface area contributed by atoms with E-state index in [0.717, 1.165) is 19.4 Å². The maximum Gasteiger partial charge on any atom is 0.323 e. The Morgan fingerprint density at radius 1 is 1.50 bits per heavy atom. The number of piperidine rings is 1. The van der Waals surface area contributed by atoms with Gasteiger partial charge in [0, 0.05) is 0 Å². The molecule has 0 aromatic rings. The molecule has 0 radical (unpaired) electrons. The van der Waals surface area contributed by atoms with Gasteiger partial charge in [-0.3, -0.25) is 4.79 Å². The van der Waals surface area contributed by atoms with Gasteiger partial charge in [-0.2, -0.15) is 0 Å². The first kappa shape index (κ1) is 9.52. The van der Waals surface area contributed by atoms with E-state index in [1.165, 1.54) is 6.42 Å². The number of rotatable bonds is 2. The second-order valence-corrected chi connectivity index (χ2v) is 3.49. The normalized spacial score (nSPS) is 24.1. The molecule has 0 aromatic carbocycles. The molecule has 12 heavy (non-hydrogen) atoms. The summed E-state index contributed by atoms with van der Waals surface area (Å²) in [5.41, 5.74) is 0. The lowest BCUT2D eigenvalue weighted by Gasteiger charge is -2.22. The van der Waals surface area contributed by atoms with Gasteiger partial charge in [-0.05, 0) is 33.2 Å². The highest BCUT2D eigenvalue weighted by Crippen LogP contribution is 2.08. The molecule has 3 nitrogen and oxygen atoms in total. The van der Waals surface area contributed by atoms with E-state index in [9.17, 15) is 4.79 Å². The molecule has 0 amide bonds. The maximum atomic E-state index is 11.3. The molecule has 1 aliphatic heterocycles. The van der Waals surface area contributed by atoms with Gasteiger partial charge in [0.25, 0.3) is 0 Å². The Bertz CT molecular complexity index is 151. The maximum absolute atomic E-state index is 11.3. The SMILES string of the molecule is CC(C)OC(=O)[C@H]1CCCCN1. The van der Waals surface area contributed by atoms with E-state index in [0.29, 0.717) is 0 Å². The summed E-state index contributed by atoms with van der Waals surface area (Å²) >= 11 is 0. The summed E-state index contributed by atoms with van der Waals surface area (Å²) in [5, 5.41) is 3.15. The number of carbonyl (C=O) groups excluding carboxylic acids is 1. The second-order valence-electron chi connectivity index (χ2n) is 3.49. The zero-order valence-corrected chi connectivity index (χ0v) is 7.80. The summed E-state index contributed by atoms with van der Waals surface area (Å²) in [7, 11) is 0. The molecule has 1 fully saturated rings. The van der Waals surface area contributed by atoms with Crippen LogP contribution < -0.4 is 5.32 Å². The monoisotopic (exact) mass is 171 g/mol. The van der Waals surface area contributed by atoms with Crippen LogP contribution >= 0.6 is 0 Å². The van der Waals surface area contributed by atoms with E-state index in [4.69, 9.17) is 4.74 Å². The third kappa shape index (κ3) is 2.81. The first-order valence-corrected chi connectivity index (χ1v) is 4.64. The first-order valence-electron chi connectivity index (χ1n) is 4.64. The van der Waals surface area contributed by atoms with E-state index in [1.54, 1.807) is 0 Å². The zero-order chi connectivity index (χ0) is 8.97. The molecule has 0 saturated carbocycles. The molecule has 0 aromatic heterocycles. The standard InChI is InChI=1S/C9H17NO2/c1-7(2)12-9(11)8-5-3-4-6-10-8/h7-8,10H,3-6H2,1-2H3/t8-/m1/s1. The molecule has 1 saturated heterocycles. The lowest BCUT2D eigenvalue weighted by molar-refractivity contribution is -0.150. The van der Waals surface area contributed by atoms with Gasteiger partial charge in [-0.15, -0.1) is 0 Å². The Balaban J connectivity index is 2.30. The van der Waals surface area contributed by atoms with Gasteiger partial charge >= 0.3 is 5.97 Å².